The number of ether oxygens (including phenoxy) is 1. The third-order valence-corrected chi connectivity index (χ3v) is 5.76. The average molecular weight is 383 g/mol. The minimum absolute atomic E-state index is 0.0706. The Morgan fingerprint density at radius 1 is 1.25 bits per heavy atom. The van der Waals surface area contributed by atoms with Crippen LogP contribution < -0.4 is 5.73 Å². The fraction of sp³-hybridized carbons (Fsp3) is 0.455. The highest BCUT2D eigenvalue weighted by atomic mass is 16.6. The van der Waals surface area contributed by atoms with Gasteiger partial charge in [-0.05, 0) is 49.4 Å². The monoisotopic (exact) mass is 383 g/mol. The summed E-state index contributed by atoms with van der Waals surface area (Å²) in [6.07, 6.45) is 4.40. The second-order valence-electron chi connectivity index (χ2n) is 7.44. The number of cyclic esters (lactones) is 1. The maximum atomic E-state index is 12.7. The summed E-state index contributed by atoms with van der Waals surface area (Å²) >= 11 is 0. The Morgan fingerprint density at radius 2 is 1.96 bits per heavy atom. The van der Waals surface area contributed by atoms with Gasteiger partial charge in [-0.15, -0.1) is 0 Å². The molecule has 1 aliphatic heterocycles. The van der Waals surface area contributed by atoms with Crippen LogP contribution in [0.3, 0.4) is 0 Å². The molecule has 0 radical (unpaired) electrons. The van der Waals surface area contributed by atoms with Gasteiger partial charge in [0.25, 0.3) is 0 Å². The van der Waals surface area contributed by atoms with Gasteiger partial charge in [0.05, 0.1) is 6.04 Å². The van der Waals surface area contributed by atoms with Crippen LogP contribution in [0.25, 0.3) is 11.1 Å². The van der Waals surface area contributed by atoms with Gasteiger partial charge in [-0.3, -0.25) is 0 Å². The molecule has 1 fully saturated rings. The van der Waals surface area contributed by atoms with Gasteiger partial charge in [-0.25, -0.2) is 9.78 Å². The SMILES string of the molecule is CC[C@@]1(CCCO)CCN(C(C)c2ccc(-c3ccc(N)nc3)cc2)C(=O)O1. The number of nitrogen functional groups attached to an aromatic ring is 1. The molecule has 2 atom stereocenters. The number of aromatic nitrogens is 1. The molecule has 3 N–H and O–H groups in total. The number of carbonyl (C=O) groups excluding carboxylic acids is 1. The van der Waals surface area contributed by atoms with Crippen LogP contribution in [0.2, 0.25) is 0 Å². The van der Waals surface area contributed by atoms with Crippen molar-refractivity contribution in [1.29, 1.82) is 0 Å². The van der Waals surface area contributed by atoms with Crippen molar-refractivity contribution in [3.63, 3.8) is 0 Å². The first-order valence-electron chi connectivity index (χ1n) is 9.90. The molecule has 150 valence electrons. The molecule has 0 saturated carbocycles. The van der Waals surface area contributed by atoms with Gasteiger partial charge < -0.3 is 20.5 Å². The molecular weight excluding hydrogens is 354 g/mol. The van der Waals surface area contributed by atoms with Crippen LogP contribution >= 0.6 is 0 Å². The van der Waals surface area contributed by atoms with Crippen LogP contribution in [0.4, 0.5) is 10.6 Å². The van der Waals surface area contributed by atoms with Gasteiger partial charge in [0.2, 0.25) is 0 Å². The lowest BCUT2D eigenvalue weighted by Gasteiger charge is -2.43. The number of aliphatic hydroxyl groups excluding tert-OH is 1. The molecule has 28 heavy (non-hydrogen) atoms. The summed E-state index contributed by atoms with van der Waals surface area (Å²) in [5, 5.41) is 9.12. The minimum atomic E-state index is -0.442. The lowest BCUT2D eigenvalue weighted by Crippen LogP contribution is -2.50. The standard InChI is InChI=1S/C22H29N3O3/c1-3-22(11-4-14-26)12-13-25(21(27)28-22)16(2)17-5-7-18(8-6-17)19-9-10-20(23)24-15-19/h5-10,15-16,26H,3-4,11-14H2,1-2H3,(H2,23,24)/t16?,22-/m1/s1. The maximum absolute atomic E-state index is 12.7. The van der Waals surface area contributed by atoms with Crippen molar-refractivity contribution in [3.8, 4) is 11.1 Å². The van der Waals surface area contributed by atoms with Gasteiger partial charge in [0.15, 0.2) is 0 Å². The van der Waals surface area contributed by atoms with Gasteiger partial charge in [0, 0.05) is 31.3 Å². The predicted octanol–water partition coefficient (Wildman–Crippen LogP) is 4.16. The van der Waals surface area contributed by atoms with Crippen molar-refractivity contribution in [2.75, 3.05) is 18.9 Å². The Labute approximate surface area is 166 Å². The summed E-state index contributed by atoms with van der Waals surface area (Å²) in [4.78, 5) is 18.6. The van der Waals surface area contributed by atoms with E-state index in [2.05, 4.69) is 4.98 Å². The molecule has 1 saturated heterocycles. The molecule has 1 aromatic carbocycles. The highest BCUT2D eigenvalue weighted by molar-refractivity contribution is 5.70. The lowest BCUT2D eigenvalue weighted by atomic mass is 9.89. The molecule has 0 aliphatic carbocycles. The van der Waals surface area contributed by atoms with E-state index in [0.29, 0.717) is 25.2 Å². The highest BCUT2D eigenvalue weighted by Gasteiger charge is 2.40. The number of carbonyl (C=O) groups is 1. The molecule has 2 heterocycles. The van der Waals surface area contributed by atoms with E-state index in [-0.39, 0.29) is 18.7 Å². The van der Waals surface area contributed by atoms with E-state index in [9.17, 15) is 4.79 Å². The van der Waals surface area contributed by atoms with E-state index >= 15 is 0 Å². The van der Waals surface area contributed by atoms with Gasteiger partial charge in [-0.1, -0.05) is 31.2 Å². The number of benzene rings is 1. The molecular formula is C22H29N3O3. The number of pyridine rings is 1. The van der Waals surface area contributed by atoms with E-state index in [1.54, 1.807) is 17.2 Å². The fourth-order valence-electron chi connectivity index (χ4n) is 3.78. The quantitative estimate of drug-likeness (QED) is 0.749. The molecule has 1 unspecified atom stereocenters. The van der Waals surface area contributed by atoms with Crippen molar-refractivity contribution >= 4 is 11.9 Å². The number of anilines is 1. The number of rotatable bonds is 7. The minimum Gasteiger partial charge on any atom is -0.443 e. The van der Waals surface area contributed by atoms with Crippen LogP contribution in [0.15, 0.2) is 42.6 Å². The van der Waals surface area contributed by atoms with Crippen molar-refractivity contribution < 1.29 is 14.6 Å². The molecule has 3 rings (SSSR count). The summed E-state index contributed by atoms with van der Waals surface area (Å²) in [7, 11) is 0. The van der Waals surface area contributed by atoms with Crippen molar-refractivity contribution in [3.05, 3.63) is 48.2 Å². The molecule has 1 aromatic heterocycles. The number of hydrogen-bond acceptors (Lipinski definition) is 5. The highest BCUT2D eigenvalue weighted by Crippen LogP contribution is 2.35. The first-order chi connectivity index (χ1) is 13.5. The third-order valence-electron chi connectivity index (χ3n) is 5.76. The van der Waals surface area contributed by atoms with E-state index in [1.165, 1.54) is 0 Å². The molecule has 6 heteroatoms. The number of hydrogen-bond donors (Lipinski definition) is 2. The Balaban J connectivity index is 1.69. The first kappa shape index (κ1) is 20.1. The summed E-state index contributed by atoms with van der Waals surface area (Å²) in [6, 6.07) is 11.8. The molecule has 0 spiro atoms. The molecule has 6 nitrogen and oxygen atoms in total. The zero-order chi connectivity index (χ0) is 20.1. The number of nitrogens with zero attached hydrogens (tertiary/aromatic N) is 2. The van der Waals surface area contributed by atoms with Crippen LogP contribution in [0.1, 0.15) is 51.1 Å². The number of aliphatic hydroxyl groups is 1. The van der Waals surface area contributed by atoms with Gasteiger partial charge in [-0.2, -0.15) is 0 Å². The maximum Gasteiger partial charge on any atom is 0.410 e. The predicted molar refractivity (Wildman–Crippen MR) is 110 cm³/mol. The topological polar surface area (TPSA) is 88.7 Å². The second kappa shape index (κ2) is 8.61. The molecule has 2 aromatic rings. The Hall–Kier alpha value is -2.60. The number of nitrogens with two attached hydrogens (primary N) is 1. The summed E-state index contributed by atoms with van der Waals surface area (Å²) in [6.45, 7) is 4.83. The Morgan fingerprint density at radius 3 is 2.54 bits per heavy atom. The van der Waals surface area contributed by atoms with Crippen LogP contribution in [-0.2, 0) is 4.74 Å². The van der Waals surface area contributed by atoms with Gasteiger partial charge >= 0.3 is 6.09 Å². The average Bonchev–Trinajstić information content (AvgIpc) is 2.72. The number of amides is 1. The Kier molecular flexibility index (Phi) is 6.19. The molecule has 0 bridgehead atoms. The fourth-order valence-corrected chi connectivity index (χ4v) is 3.78. The van der Waals surface area contributed by atoms with Crippen molar-refractivity contribution in [2.24, 2.45) is 0 Å². The molecule has 1 aliphatic rings. The van der Waals surface area contributed by atoms with Crippen LogP contribution in [-0.4, -0.2) is 39.8 Å². The molecule has 1 amide bonds. The van der Waals surface area contributed by atoms with Crippen molar-refractivity contribution in [2.45, 2.75) is 51.2 Å². The van der Waals surface area contributed by atoms with Crippen LogP contribution in [0.5, 0.6) is 0 Å². The Bertz CT molecular complexity index is 792. The van der Waals surface area contributed by atoms with Crippen LogP contribution in [0, 0.1) is 0 Å². The largest absolute Gasteiger partial charge is 0.443 e. The lowest BCUT2D eigenvalue weighted by molar-refractivity contribution is -0.0653. The first-order valence-corrected chi connectivity index (χ1v) is 9.90. The second-order valence-corrected chi connectivity index (χ2v) is 7.44. The summed E-state index contributed by atoms with van der Waals surface area (Å²) in [5.74, 6) is 0.500. The normalized spacial score (nSPS) is 20.7. The van der Waals surface area contributed by atoms with E-state index in [1.807, 2.05) is 44.2 Å². The van der Waals surface area contributed by atoms with Crippen molar-refractivity contribution in [1.82, 2.24) is 9.88 Å². The summed E-state index contributed by atoms with van der Waals surface area (Å²) in [5.41, 5.74) is 8.32. The van der Waals surface area contributed by atoms with E-state index in [4.69, 9.17) is 15.6 Å². The third kappa shape index (κ3) is 4.28. The summed E-state index contributed by atoms with van der Waals surface area (Å²) < 4.78 is 5.84. The zero-order valence-electron chi connectivity index (χ0n) is 16.6. The van der Waals surface area contributed by atoms with E-state index in [0.717, 1.165) is 29.5 Å². The zero-order valence-corrected chi connectivity index (χ0v) is 16.6. The van der Waals surface area contributed by atoms with Gasteiger partial charge in [0.1, 0.15) is 11.4 Å². The van der Waals surface area contributed by atoms with E-state index < -0.39 is 5.60 Å². The smallest absolute Gasteiger partial charge is 0.410 e.